The molecule has 0 heterocycles. The Morgan fingerprint density at radius 2 is 1.64 bits per heavy atom. The number of amides is 2. The molecule has 0 spiro atoms. The van der Waals surface area contributed by atoms with E-state index in [-0.39, 0.29) is 17.4 Å². The van der Waals surface area contributed by atoms with Crippen molar-refractivity contribution in [1.29, 1.82) is 0 Å². The van der Waals surface area contributed by atoms with Crippen LogP contribution in [0.1, 0.15) is 10.4 Å². The molecule has 0 aliphatic carbocycles. The maximum Gasteiger partial charge on any atom is 0.269 e. The topological polar surface area (TPSA) is 78.4 Å². The molecule has 0 fully saturated rings. The van der Waals surface area contributed by atoms with Crippen molar-refractivity contribution in [2.75, 3.05) is 5.75 Å². The summed E-state index contributed by atoms with van der Waals surface area (Å²) in [6.45, 7) is 0. The number of phenols is 1. The van der Waals surface area contributed by atoms with Gasteiger partial charge in [-0.1, -0.05) is 11.6 Å². The number of rotatable bonds is 4. The Kier molecular flexibility index (Phi) is 5.68. The number of phenolic OH excluding ortho intramolecular Hbond substituents is 1. The first-order valence-corrected chi connectivity index (χ1v) is 7.67. The fourth-order valence-corrected chi connectivity index (χ4v) is 2.35. The Hall–Kier alpha value is -2.18. The number of nitrogens with one attached hydrogen (secondary N) is 2. The summed E-state index contributed by atoms with van der Waals surface area (Å²) in [6, 6.07) is 12.8. The Morgan fingerprint density at radius 3 is 2.27 bits per heavy atom. The van der Waals surface area contributed by atoms with Crippen molar-refractivity contribution in [2.24, 2.45) is 0 Å². The van der Waals surface area contributed by atoms with Gasteiger partial charge in [-0.05, 0) is 48.5 Å². The van der Waals surface area contributed by atoms with Gasteiger partial charge in [-0.25, -0.2) is 0 Å². The summed E-state index contributed by atoms with van der Waals surface area (Å²) in [5, 5.41) is 9.77. The average Bonchev–Trinajstić information content (AvgIpc) is 2.52. The van der Waals surface area contributed by atoms with E-state index in [0.717, 1.165) is 4.90 Å². The lowest BCUT2D eigenvalue weighted by atomic mass is 10.2. The number of hydrogen-bond donors (Lipinski definition) is 3. The zero-order chi connectivity index (χ0) is 15.9. The van der Waals surface area contributed by atoms with Gasteiger partial charge in [-0.2, -0.15) is 0 Å². The number of aromatic hydroxyl groups is 1. The molecular weight excluding hydrogens is 324 g/mol. The highest BCUT2D eigenvalue weighted by Crippen LogP contribution is 2.19. The van der Waals surface area contributed by atoms with Crippen molar-refractivity contribution in [2.45, 2.75) is 4.90 Å². The smallest absolute Gasteiger partial charge is 0.269 e. The zero-order valence-corrected chi connectivity index (χ0v) is 12.9. The van der Waals surface area contributed by atoms with Crippen LogP contribution in [0.15, 0.2) is 53.4 Å². The highest BCUT2D eigenvalue weighted by atomic mass is 35.5. The van der Waals surface area contributed by atoms with Crippen LogP contribution in [0.2, 0.25) is 5.02 Å². The molecule has 0 bridgehead atoms. The molecule has 2 amide bonds. The third-order valence-corrected chi connectivity index (χ3v) is 3.89. The predicted octanol–water partition coefficient (Wildman–Crippen LogP) is 2.60. The van der Waals surface area contributed by atoms with Gasteiger partial charge in [0.25, 0.3) is 5.91 Å². The standard InChI is InChI=1S/C15H13ClN2O3S/c16-11-3-7-13(8-4-11)22-9-14(20)17-18-15(21)10-1-5-12(19)6-2-10/h1-8,19H,9H2,(H,17,20)(H,18,21). The quantitative estimate of drug-likeness (QED) is 0.592. The van der Waals surface area contributed by atoms with Gasteiger partial charge in [0, 0.05) is 15.5 Å². The third-order valence-electron chi connectivity index (χ3n) is 2.63. The molecule has 2 rings (SSSR count). The molecule has 5 nitrogen and oxygen atoms in total. The first-order chi connectivity index (χ1) is 10.5. The van der Waals surface area contributed by atoms with Crippen LogP contribution in [0.4, 0.5) is 0 Å². The maximum atomic E-state index is 11.7. The number of hydrazine groups is 1. The Morgan fingerprint density at radius 1 is 1.00 bits per heavy atom. The second kappa shape index (κ2) is 7.72. The highest BCUT2D eigenvalue weighted by Gasteiger charge is 2.07. The monoisotopic (exact) mass is 336 g/mol. The summed E-state index contributed by atoms with van der Waals surface area (Å²) in [4.78, 5) is 24.3. The third kappa shape index (κ3) is 4.98. The minimum Gasteiger partial charge on any atom is -0.508 e. The lowest BCUT2D eigenvalue weighted by Gasteiger charge is -2.07. The fraction of sp³-hybridized carbons (Fsp3) is 0.0667. The van der Waals surface area contributed by atoms with Gasteiger partial charge in [0.2, 0.25) is 5.91 Å². The molecule has 0 saturated heterocycles. The predicted molar refractivity (Wildman–Crippen MR) is 85.9 cm³/mol. The minimum absolute atomic E-state index is 0.0694. The number of benzene rings is 2. The molecule has 114 valence electrons. The number of halogens is 1. The van der Waals surface area contributed by atoms with Crippen LogP contribution in [-0.2, 0) is 4.79 Å². The number of carbonyl (C=O) groups is 2. The van der Waals surface area contributed by atoms with E-state index in [1.165, 1.54) is 36.0 Å². The van der Waals surface area contributed by atoms with Gasteiger partial charge >= 0.3 is 0 Å². The van der Waals surface area contributed by atoms with E-state index in [2.05, 4.69) is 10.9 Å². The second-order valence-electron chi connectivity index (χ2n) is 4.29. The summed E-state index contributed by atoms with van der Waals surface area (Å²) < 4.78 is 0. The molecule has 7 heteroatoms. The van der Waals surface area contributed by atoms with E-state index >= 15 is 0 Å². The number of hydrogen-bond acceptors (Lipinski definition) is 4. The van der Waals surface area contributed by atoms with E-state index in [1.54, 1.807) is 12.1 Å². The summed E-state index contributed by atoms with van der Waals surface area (Å²) in [5.41, 5.74) is 4.97. The molecule has 0 radical (unpaired) electrons. The summed E-state index contributed by atoms with van der Waals surface area (Å²) in [7, 11) is 0. The SMILES string of the molecule is O=C(CSc1ccc(Cl)cc1)NNC(=O)c1ccc(O)cc1. The van der Waals surface area contributed by atoms with E-state index < -0.39 is 5.91 Å². The van der Waals surface area contributed by atoms with Crippen molar-refractivity contribution < 1.29 is 14.7 Å². The van der Waals surface area contributed by atoms with E-state index in [0.29, 0.717) is 10.6 Å². The normalized spacial score (nSPS) is 10.0. The van der Waals surface area contributed by atoms with Crippen LogP contribution < -0.4 is 10.9 Å². The van der Waals surface area contributed by atoms with Gasteiger partial charge in [-0.15, -0.1) is 11.8 Å². The molecule has 3 N–H and O–H groups in total. The van der Waals surface area contributed by atoms with Crippen molar-refractivity contribution in [3.05, 3.63) is 59.1 Å². The van der Waals surface area contributed by atoms with Gasteiger partial charge in [0.05, 0.1) is 5.75 Å². The number of carbonyl (C=O) groups excluding carboxylic acids is 2. The molecule has 2 aromatic carbocycles. The van der Waals surface area contributed by atoms with Gasteiger partial charge in [0.15, 0.2) is 0 Å². The van der Waals surface area contributed by atoms with Crippen LogP contribution >= 0.6 is 23.4 Å². The minimum atomic E-state index is -0.454. The summed E-state index contributed by atoms with van der Waals surface area (Å²) in [5.74, 6) is -0.547. The van der Waals surface area contributed by atoms with Crippen LogP contribution in [0.3, 0.4) is 0 Å². The molecule has 0 aromatic heterocycles. The Balaban J connectivity index is 1.76. The van der Waals surface area contributed by atoms with Crippen LogP contribution in [-0.4, -0.2) is 22.7 Å². The molecule has 2 aromatic rings. The lowest BCUT2D eigenvalue weighted by Crippen LogP contribution is -2.42. The maximum absolute atomic E-state index is 11.7. The molecule has 0 unspecified atom stereocenters. The summed E-state index contributed by atoms with van der Waals surface area (Å²) in [6.07, 6.45) is 0. The Bertz CT molecular complexity index is 659. The Labute approximate surface area is 136 Å². The fourth-order valence-electron chi connectivity index (χ4n) is 1.53. The van der Waals surface area contributed by atoms with E-state index in [4.69, 9.17) is 16.7 Å². The molecule has 0 aliphatic heterocycles. The first-order valence-electron chi connectivity index (χ1n) is 6.31. The van der Waals surface area contributed by atoms with Crippen LogP contribution in [0.25, 0.3) is 0 Å². The van der Waals surface area contributed by atoms with Crippen molar-refractivity contribution >= 4 is 35.2 Å². The molecule has 0 aliphatic rings. The van der Waals surface area contributed by atoms with Crippen LogP contribution in [0, 0.1) is 0 Å². The van der Waals surface area contributed by atoms with Crippen molar-refractivity contribution in [3.63, 3.8) is 0 Å². The molecule has 0 saturated carbocycles. The largest absolute Gasteiger partial charge is 0.508 e. The lowest BCUT2D eigenvalue weighted by molar-refractivity contribution is -0.119. The zero-order valence-electron chi connectivity index (χ0n) is 11.4. The molecular formula is C15H13ClN2O3S. The van der Waals surface area contributed by atoms with Gasteiger partial charge in [-0.3, -0.25) is 20.4 Å². The first kappa shape index (κ1) is 16.2. The van der Waals surface area contributed by atoms with Crippen LogP contribution in [0.5, 0.6) is 5.75 Å². The number of thioether (sulfide) groups is 1. The molecule has 22 heavy (non-hydrogen) atoms. The van der Waals surface area contributed by atoms with E-state index in [9.17, 15) is 9.59 Å². The average molecular weight is 337 g/mol. The van der Waals surface area contributed by atoms with Gasteiger partial charge < -0.3 is 5.11 Å². The van der Waals surface area contributed by atoms with Crippen molar-refractivity contribution in [1.82, 2.24) is 10.9 Å². The highest BCUT2D eigenvalue weighted by molar-refractivity contribution is 8.00. The summed E-state index contributed by atoms with van der Waals surface area (Å²) >= 11 is 7.11. The van der Waals surface area contributed by atoms with Gasteiger partial charge in [0.1, 0.15) is 5.75 Å². The van der Waals surface area contributed by atoms with Crippen molar-refractivity contribution in [3.8, 4) is 5.75 Å². The van der Waals surface area contributed by atoms with E-state index in [1.807, 2.05) is 12.1 Å². The second-order valence-corrected chi connectivity index (χ2v) is 5.78. The molecule has 0 atom stereocenters.